The van der Waals surface area contributed by atoms with Crippen LogP contribution in [-0.4, -0.2) is 11.9 Å². The maximum atomic E-state index is 11.5. The van der Waals surface area contributed by atoms with Gasteiger partial charge < -0.3 is 11.1 Å². The lowest BCUT2D eigenvalue weighted by Crippen LogP contribution is -2.39. The summed E-state index contributed by atoms with van der Waals surface area (Å²) in [6, 6.07) is 7.87. The molecule has 2 atom stereocenters. The van der Waals surface area contributed by atoms with Crippen LogP contribution in [0.1, 0.15) is 51.8 Å². The molecule has 0 heterocycles. The molecule has 0 bridgehead atoms. The number of rotatable bonds is 3. The van der Waals surface area contributed by atoms with E-state index in [1.807, 2.05) is 6.92 Å². The highest BCUT2D eigenvalue weighted by Gasteiger charge is 2.15. The Labute approximate surface area is 122 Å². The van der Waals surface area contributed by atoms with E-state index in [1.54, 1.807) is 6.92 Å². The van der Waals surface area contributed by atoms with Crippen molar-refractivity contribution >= 4 is 18.3 Å². The molecule has 0 fully saturated rings. The van der Waals surface area contributed by atoms with Crippen molar-refractivity contribution in [2.24, 2.45) is 5.73 Å². The molecule has 0 aliphatic carbocycles. The van der Waals surface area contributed by atoms with Crippen molar-refractivity contribution in [3.8, 4) is 0 Å². The summed E-state index contributed by atoms with van der Waals surface area (Å²) in [4.78, 5) is 11.5. The number of halogens is 1. The second-order valence-corrected chi connectivity index (χ2v) is 5.89. The van der Waals surface area contributed by atoms with Crippen LogP contribution in [0.3, 0.4) is 0 Å². The number of hydrogen-bond acceptors (Lipinski definition) is 2. The Morgan fingerprint density at radius 2 is 1.63 bits per heavy atom. The van der Waals surface area contributed by atoms with Crippen LogP contribution in [0.5, 0.6) is 0 Å². The molecule has 0 aliphatic rings. The standard InChI is InChI=1S/C15H24N2O.ClH/c1-10(16)14(18)17-11(2)12-6-8-13(9-7-12)15(3,4)5;/h6-11H,16H2,1-5H3,(H,17,18);1H/t10-,11?;/m1./s1. The van der Waals surface area contributed by atoms with Gasteiger partial charge in [-0.2, -0.15) is 0 Å². The van der Waals surface area contributed by atoms with E-state index in [9.17, 15) is 4.79 Å². The number of carbonyl (C=O) groups excluding carboxylic acids is 1. The van der Waals surface area contributed by atoms with Crippen LogP contribution in [0, 0.1) is 0 Å². The van der Waals surface area contributed by atoms with Gasteiger partial charge in [-0.05, 0) is 30.4 Å². The van der Waals surface area contributed by atoms with Gasteiger partial charge in [-0.3, -0.25) is 4.79 Å². The van der Waals surface area contributed by atoms with Gasteiger partial charge in [-0.25, -0.2) is 0 Å². The summed E-state index contributed by atoms with van der Waals surface area (Å²) in [7, 11) is 0. The lowest BCUT2D eigenvalue weighted by Gasteiger charge is -2.21. The summed E-state index contributed by atoms with van der Waals surface area (Å²) in [5.41, 5.74) is 8.06. The first-order chi connectivity index (χ1) is 8.21. The molecule has 0 spiro atoms. The number of nitrogens with one attached hydrogen (secondary N) is 1. The van der Waals surface area contributed by atoms with E-state index < -0.39 is 6.04 Å². The minimum absolute atomic E-state index is 0. The summed E-state index contributed by atoms with van der Waals surface area (Å²) in [6.07, 6.45) is 0. The lowest BCUT2D eigenvalue weighted by molar-refractivity contribution is -0.122. The molecule has 3 N–H and O–H groups in total. The van der Waals surface area contributed by atoms with Crippen LogP contribution in [0.2, 0.25) is 0 Å². The van der Waals surface area contributed by atoms with Gasteiger partial charge in [0.1, 0.15) is 0 Å². The van der Waals surface area contributed by atoms with E-state index in [-0.39, 0.29) is 29.8 Å². The molecule has 1 amide bonds. The number of benzene rings is 1. The first-order valence-electron chi connectivity index (χ1n) is 6.38. The van der Waals surface area contributed by atoms with Gasteiger partial charge in [0, 0.05) is 0 Å². The van der Waals surface area contributed by atoms with Crippen LogP contribution >= 0.6 is 12.4 Å². The van der Waals surface area contributed by atoms with Crippen LogP contribution in [0.25, 0.3) is 0 Å². The van der Waals surface area contributed by atoms with Gasteiger partial charge in [-0.1, -0.05) is 45.0 Å². The summed E-state index contributed by atoms with van der Waals surface area (Å²) in [5, 5.41) is 2.89. The topological polar surface area (TPSA) is 55.1 Å². The van der Waals surface area contributed by atoms with Gasteiger partial charge in [0.15, 0.2) is 0 Å². The average Bonchev–Trinajstić information content (AvgIpc) is 2.27. The zero-order valence-corrected chi connectivity index (χ0v) is 13.2. The molecule has 19 heavy (non-hydrogen) atoms. The zero-order valence-electron chi connectivity index (χ0n) is 12.4. The SMILES string of the molecule is CC(NC(=O)[C@@H](C)N)c1ccc(C(C)(C)C)cc1.Cl. The van der Waals surface area contributed by atoms with Crippen LogP contribution in [-0.2, 0) is 10.2 Å². The first-order valence-corrected chi connectivity index (χ1v) is 6.38. The molecule has 1 aromatic carbocycles. The molecule has 3 nitrogen and oxygen atoms in total. The molecule has 0 aliphatic heterocycles. The molecular formula is C15H25ClN2O. The van der Waals surface area contributed by atoms with Gasteiger partial charge in [0.05, 0.1) is 12.1 Å². The summed E-state index contributed by atoms with van der Waals surface area (Å²) in [6.45, 7) is 10.2. The summed E-state index contributed by atoms with van der Waals surface area (Å²) < 4.78 is 0. The van der Waals surface area contributed by atoms with Crippen molar-refractivity contribution in [3.63, 3.8) is 0 Å². The maximum Gasteiger partial charge on any atom is 0.237 e. The third-order valence-corrected chi connectivity index (χ3v) is 3.05. The highest BCUT2D eigenvalue weighted by molar-refractivity contribution is 5.85. The van der Waals surface area contributed by atoms with Crippen molar-refractivity contribution < 1.29 is 4.79 Å². The summed E-state index contributed by atoms with van der Waals surface area (Å²) >= 11 is 0. The second kappa shape index (κ2) is 6.92. The fourth-order valence-electron chi connectivity index (χ4n) is 1.70. The molecule has 1 rings (SSSR count). The van der Waals surface area contributed by atoms with E-state index >= 15 is 0 Å². The van der Waals surface area contributed by atoms with Crippen LogP contribution in [0.15, 0.2) is 24.3 Å². The lowest BCUT2D eigenvalue weighted by atomic mass is 9.86. The van der Waals surface area contributed by atoms with Gasteiger partial charge in [-0.15, -0.1) is 12.4 Å². The van der Waals surface area contributed by atoms with Crippen LogP contribution in [0.4, 0.5) is 0 Å². The van der Waals surface area contributed by atoms with E-state index in [1.165, 1.54) is 5.56 Å². The highest BCUT2D eigenvalue weighted by Crippen LogP contribution is 2.23. The van der Waals surface area contributed by atoms with Crippen molar-refractivity contribution in [2.45, 2.75) is 52.1 Å². The molecule has 1 unspecified atom stereocenters. The van der Waals surface area contributed by atoms with E-state index in [4.69, 9.17) is 5.73 Å². The van der Waals surface area contributed by atoms with E-state index in [0.29, 0.717) is 0 Å². The normalized spacial score (nSPS) is 14.2. The molecule has 108 valence electrons. The molecule has 4 heteroatoms. The molecule has 0 aromatic heterocycles. The van der Waals surface area contributed by atoms with E-state index in [2.05, 4.69) is 50.4 Å². The average molecular weight is 285 g/mol. The molecule has 0 radical (unpaired) electrons. The molecular weight excluding hydrogens is 260 g/mol. The smallest absolute Gasteiger partial charge is 0.237 e. The van der Waals surface area contributed by atoms with Crippen molar-refractivity contribution in [3.05, 3.63) is 35.4 Å². The van der Waals surface area contributed by atoms with Crippen molar-refractivity contribution in [1.82, 2.24) is 5.32 Å². The minimum Gasteiger partial charge on any atom is -0.348 e. The Balaban J connectivity index is 0.00000324. The third kappa shape index (κ3) is 5.21. The molecule has 0 saturated heterocycles. The second-order valence-electron chi connectivity index (χ2n) is 5.89. The van der Waals surface area contributed by atoms with Crippen LogP contribution < -0.4 is 11.1 Å². The van der Waals surface area contributed by atoms with Gasteiger partial charge >= 0.3 is 0 Å². The largest absolute Gasteiger partial charge is 0.348 e. The van der Waals surface area contributed by atoms with Crippen molar-refractivity contribution in [1.29, 1.82) is 0 Å². The zero-order chi connectivity index (χ0) is 13.9. The van der Waals surface area contributed by atoms with E-state index in [0.717, 1.165) is 5.56 Å². The monoisotopic (exact) mass is 284 g/mol. The maximum absolute atomic E-state index is 11.5. The Bertz CT molecular complexity index is 407. The number of nitrogens with two attached hydrogens (primary N) is 1. The quantitative estimate of drug-likeness (QED) is 0.897. The molecule has 0 saturated carbocycles. The predicted octanol–water partition coefficient (Wildman–Crippen LogP) is 2.93. The number of carbonyl (C=O) groups is 1. The summed E-state index contributed by atoms with van der Waals surface area (Å²) in [5.74, 6) is -0.123. The third-order valence-electron chi connectivity index (χ3n) is 3.05. The Kier molecular flexibility index (Phi) is 6.53. The highest BCUT2D eigenvalue weighted by atomic mass is 35.5. The Morgan fingerprint density at radius 1 is 1.16 bits per heavy atom. The molecule has 1 aromatic rings. The number of hydrogen-bond donors (Lipinski definition) is 2. The van der Waals surface area contributed by atoms with Gasteiger partial charge in [0.2, 0.25) is 5.91 Å². The first kappa shape index (κ1) is 17.9. The Hall–Kier alpha value is -1.06. The Morgan fingerprint density at radius 3 is 2.00 bits per heavy atom. The predicted molar refractivity (Wildman–Crippen MR) is 82.6 cm³/mol. The number of amides is 1. The van der Waals surface area contributed by atoms with Gasteiger partial charge in [0.25, 0.3) is 0 Å². The fraction of sp³-hybridized carbons (Fsp3) is 0.533. The van der Waals surface area contributed by atoms with Crippen molar-refractivity contribution in [2.75, 3.05) is 0 Å². The fourth-order valence-corrected chi connectivity index (χ4v) is 1.70. The minimum atomic E-state index is -0.471.